The van der Waals surface area contributed by atoms with Gasteiger partial charge in [-0.3, -0.25) is 0 Å². The number of aromatic nitrogens is 2. The second-order valence-corrected chi connectivity index (χ2v) is 6.37. The number of rotatable bonds is 2. The summed E-state index contributed by atoms with van der Waals surface area (Å²) in [7, 11) is 0. The number of fused-ring (bicyclic) bond motifs is 1. The molecule has 0 bridgehead atoms. The van der Waals surface area contributed by atoms with Crippen LogP contribution in [0.5, 0.6) is 11.6 Å². The van der Waals surface area contributed by atoms with Gasteiger partial charge in [-0.15, -0.1) is 11.3 Å². The molecule has 3 aromatic rings. The first-order valence-corrected chi connectivity index (χ1v) is 7.67. The maximum atomic E-state index is 12.8. The lowest BCUT2D eigenvalue weighted by molar-refractivity contribution is -0.137. The Balaban J connectivity index is 2.08. The van der Waals surface area contributed by atoms with Gasteiger partial charge in [-0.2, -0.15) is 18.2 Å². The minimum absolute atomic E-state index is 0.0995. The van der Waals surface area contributed by atoms with Crippen LogP contribution in [0.2, 0.25) is 0 Å². The highest BCUT2D eigenvalue weighted by Gasteiger charge is 2.30. The fourth-order valence-corrected chi connectivity index (χ4v) is 3.30. The fourth-order valence-electron chi connectivity index (χ4n) is 2.24. The van der Waals surface area contributed by atoms with Crippen LogP contribution in [-0.2, 0) is 6.18 Å². The molecule has 2 heterocycles. The van der Waals surface area contributed by atoms with Gasteiger partial charge >= 0.3 is 6.18 Å². The quantitative estimate of drug-likeness (QED) is 0.625. The first kappa shape index (κ1) is 15.7. The Morgan fingerprint density at radius 2 is 1.83 bits per heavy atom. The highest BCUT2D eigenvalue weighted by molar-refractivity contribution is 7.18. The molecule has 3 rings (SSSR count). The fraction of sp³-hybridized carbons (Fsp3) is 0.250. The first-order valence-electron chi connectivity index (χ1n) is 6.85. The van der Waals surface area contributed by atoms with Gasteiger partial charge in [0, 0.05) is 4.88 Å². The summed E-state index contributed by atoms with van der Waals surface area (Å²) >= 11 is 1.51. The average Bonchev–Trinajstić information content (AvgIpc) is 2.73. The Hall–Kier alpha value is -2.15. The topological polar surface area (TPSA) is 35.0 Å². The van der Waals surface area contributed by atoms with Crippen molar-refractivity contribution in [3.05, 3.63) is 46.1 Å². The van der Waals surface area contributed by atoms with Crippen molar-refractivity contribution in [3.8, 4) is 11.6 Å². The molecule has 0 fully saturated rings. The van der Waals surface area contributed by atoms with Gasteiger partial charge in [0.2, 0.25) is 5.88 Å². The Bertz CT molecular complexity index is 887. The molecule has 0 unspecified atom stereocenters. The van der Waals surface area contributed by atoms with Crippen LogP contribution in [0.15, 0.2) is 24.3 Å². The number of thiophene rings is 1. The number of ether oxygens (including phenoxy) is 1. The van der Waals surface area contributed by atoms with Gasteiger partial charge in [-0.25, -0.2) is 4.98 Å². The van der Waals surface area contributed by atoms with Crippen LogP contribution in [0.1, 0.15) is 21.8 Å². The van der Waals surface area contributed by atoms with Crippen LogP contribution >= 0.6 is 11.3 Å². The standard InChI is InChI=1S/C16H13F3N2OS/c1-8-9(2)23-15-13(8)14(20-10(3)21-15)22-12-6-4-5-11(7-12)16(17,18)19/h4-7H,1-3H3. The van der Waals surface area contributed by atoms with Crippen molar-refractivity contribution in [2.24, 2.45) is 0 Å². The summed E-state index contributed by atoms with van der Waals surface area (Å²) in [5.74, 6) is 0.900. The van der Waals surface area contributed by atoms with Crippen LogP contribution in [0.25, 0.3) is 10.2 Å². The molecule has 0 aliphatic carbocycles. The molecule has 23 heavy (non-hydrogen) atoms. The number of hydrogen-bond acceptors (Lipinski definition) is 4. The Kier molecular flexibility index (Phi) is 3.75. The molecule has 0 aliphatic rings. The van der Waals surface area contributed by atoms with E-state index in [4.69, 9.17) is 4.74 Å². The molecular formula is C16H13F3N2OS. The molecule has 0 atom stereocenters. The van der Waals surface area contributed by atoms with Crippen molar-refractivity contribution in [2.45, 2.75) is 26.9 Å². The van der Waals surface area contributed by atoms with Gasteiger partial charge in [0.05, 0.1) is 10.9 Å². The Morgan fingerprint density at radius 1 is 1.09 bits per heavy atom. The normalized spacial score (nSPS) is 11.9. The number of alkyl halides is 3. The summed E-state index contributed by atoms with van der Waals surface area (Å²) in [6, 6.07) is 4.77. The molecular weight excluding hydrogens is 325 g/mol. The lowest BCUT2D eigenvalue weighted by Crippen LogP contribution is -2.04. The van der Waals surface area contributed by atoms with E-state index >= 15 is 0 Å². The van der Waals surface area contributed by atoms with E-state index in [1.165, 1.54) is 23.5 Å². The average molecular weight is 338 g/mol. The Morgan fingerprint density at radius 3 is 2.52 bits per heavy atom. The zero-order valence-electron chi connectivity index (χ0n) is 12.7. The third kappa shape index (κ3) is 3.01. The second-order valence-electron chi connectivity index (χ2n) is 5.17. The number of nitrogens with zero attached hydrogens (tertiary/aromatic N) is 2. The van der Waals surface area contributed by atoms with Crippen LogP contribution in [0, 0.1) is 20.8 Å². The molecule has 0 amide bonds. The predicted molar refractivity (Wildman–Crippen MR) is 83.1 cm³/mol. The third-order valence-electron chi connectivity index (χ3n) is 3.48. The van der Waals surface area contributed by atoms with Gasteiger partial charge < -0.3 is 4.74 Å². The summed E-state index contributed by atoms with van der Waals surface area (Å²) in [6.45, 7) is 5.61. The summed E-state index contributed by atoms with van der Waals surface area (Å²) in [6.07, 6.45) is -4.41. The SMILES string of the molecule is Cc1nc(Oc2cccc(C(F)(F)F)c2)c2c(C)c(C)sc2n1. The molecule has 0 spiro atoms. The minimum Gasteiger partial charge on any atom is -0.438 e. The monoisotopic (exact) mass is 338 g/mol. The van der Waals surface area contributed by atoms with Crippen molar-refractivity contribution >= 4 is 21.6 Å². The van der Waals surface area contributed by atoms with E-state index in [1.807, 2.05) is 13.8 Å². The minimum atomic E-state index is -4.41. The smallest absolute Gasteiger partial charge is 0.416 e. The predicted octanol–water partition coefficient (Wildman–Crippen LogP) is 5.43. The van der Waals surface area contributed by atoms with Crippen LogP contribution in [-0.4, -0.2) is 9.97 Å². The second kappa shape index (κ2) is 5.49. The number of benzene rings is 1. The molecule has 0 N–H and O–H groups in total. The van der Waals surface area contributed by atoms with Crippen molar-refractivity contribution in [3.63, 3.8) is 0 Å². The lowest BCUT2D eigenvalue weighted by Gasteiger charge is -2.10. The van der Waals surface area contributed by atoms with Crippen molar-refractivity contribution in [1.82, 2.24) is 9.97 Å². The first-order chi connectivity index (χ1) is 10.8. The van der Waals surface area contributed by atoms with Crippen molar-refractivity contribution in [1.29, 1.82) is 0 Å². The maximum Gasteiger partial charge on any atom is 0.416 e. The summed E-state index contributed by atoms with van der Waals surface area (Å²) in [4.78, 5) is 10.5. The molecule has 0 radical (unpaired) electrons. The van der Waals surface area contributed by atoms with Crippen LogP contribution in [0.3, 0.4) is 0 Å². The lowest BCUT2D eigenvalue weighted by atomic mass is 10.2. The molecule has 120 valence electrons. The molecule has 0 saturated carbocycles. The highest BCUT2D eigenvalue weighted by atomic mass is 32.1. The van der Waals surface area contributed by atoms with Crippen molar-refractivity contribution < 1.29 is 17.9 Å². The van der Waals surface area contributed by atoms with E-state index in [0.717, 1.165) is 32.8 Å². The van der Waals surface area contributed by atoms with E-state index in [9.17, 15) is 13.2 Å². The molecule has 0 aliphatic heterocycles. The largest absolute Gasteiger partial charge is 0.438 e. The number of aryl methyl sites for hydroxylation is 3. The van der Waals surface area contributed by atoms with E-state index in [-0.39, 0.29) is 11.6 Å². The van der Waals surface area contributed by atoms with Crippen LogP contribution < -0.4 is 4.74 Å². The summed E-state index contributed by atoms with van der Waals surface area (Å²) in [5, 5.41) is 0.746. The van der Waals surface area contributed by atoms with E-state index < -0.39 is 11.7 Å². The summed E-state index contributed by atoms with van der Waals surface area (Å²) in [5.41, 5.74) is 0.224. The molecule has 3 nitrogen and oxygen atoms in total. The van der Waals surface area contributed by atoms with Crippen molar-refractivity contribution in [2.75, 3.05) is 0 Å². The number of halogens is 3. The maximum absolute atomic E-state index is 12.8. The van der Waals surface area contributed by atoms with Gasteiger partial charge in [-0.1, -0.05) is 6.07 Å². The zero-order chi connectivity index (χ0) is 16.8. The Labute approximate surface area is 134 Å². The van der Waals surface area contributed by atoms with E-state index in [2.05, 4.69) is 9.97 Å². The zero-order valence-corrected chi connectivity index (χ0v) is 13.5. The van der Waals surface area contributed by atoms with E-state index in [0.29, 0.717) is 5.82 Å². The van der Waals surface area contributed by atoms with Gasteiger partial charge in [-0.05, 0) is 44.5 Å². The summed E-state index contributed by atoms with van der Waals surface area (Å²) < 4.78 is 44.1. The van der Waals surface area contributed by atoms with Gasteiger partial charge in [0.25, 0.3) is 0 Å². The van der Waals surface area contributed by atoms with Gasteiger partial charge in [0.1, 0.15) is 16.4 Å². The number of hydrogen-bond donors (Lipinski definition) is 0. The van der Waals surface area contributed by atoms with E-state index in [1.54, 1.807) is 6.92 Å². The highest BCUT2D eigenvalue weighted by Crippen LogP contribution is 2.37. The van der Waals surface area contributed by atoms with Crippen LogP contribution in [0.4, 0.5) is 13.2 Å². The molecule has 1 aromatic carbocycles. The molecule has 7 heteroatoms. The van der Waals surface area contributed by atoms with Gasteiger partial charge in [0.15, 0.2) is 0 Å². The molecule has 2 aromatic heterocycles. The molecule has 0 saturated heterocycles. The third-order valence-corrected chi connectivity index (χ3v) is 4.58.